The predicted octanol–water partition coefficient (Wildman–Crippen LogP) is 3.25. The van der Waals surface area contributed by atoms with Gasteiger partial charge in [0.1, 0.15) is 5.75 Å². The van der Waals surface area contributed by atoms with E-state index in [1.165, 1.54) is 0 Å². The van der Waals surface area contributed by atoms with Gasteiger partial charge in [0.15, 0.2) is 11.9 Å². The number of hydrogen-bond acceptors (Lipinski definition) is 3. The SMILES string of the molecule is CCN1C(=O)C(Cc2ccc(C(C)=O)cc2)Oc2ccccc21. The van der Waals surface area contributed by atoms with Gasteiger partial charge in [-0.25, -0.2) is 0 Å². The molecule has 3 rings (SSSR count). The fourth-order valence-corrected chi connectivity index (χ4v) is 2.82. The number of benzene rings is 2. The summed E-state index contributed by atoms with van der Waals surface area (Å²) < 4.78 is 5.90. The van der Waals surface area contributed by atoms with Gasteiger partial charge in [-0.1, -0.05) is 36.4 Å². The number of hydrogen-bond donors (Lipinski definition) is 0. The molecule has 23 heavy (non-hydrogen) atoms. The first-order valence-electron chi connectivity index (χ1n) is 7.77. The molecule has 118 valence electrons. The maximum absolute atomic E-state index is 12.6. The van der Waals surface area contributed by atoms with Crippen molar-refractivity contribution in [2.24, 2.45) is 0 Å². The summed E-state index contributed by atoms with van der Waals surface area (Å²) in [6, 6.07) is 14.9. The van der Waals surface area contributed by atoms with E-state index in [-0.39, 0.29) is 11.7 Å². The number of fused-ring (bicyclic) bond motifs is 1. The molecular formula is C19H19NO3. The second-order valence-corrected chi connectivity index (χ2v) is 5.61. The molecule has 1 aliphatic rings. The molecule has 1 atom stereocenters. The molecule has 0 saturated heterocycles. The van der Waals surface area contributed by atoms with Crippen LogP contribution in [0.4, 0.5) is 5.69 Å². The zero-order valence-corrected chi connectivity index (χ0v) is 13.3. The number of carbonyl (C=O) groups is 2. The van der Waals surface area contributed by atoms with Crippen LogP contribution in [0.5, 0.6) is 5.75 Å². The second kappa shape index (κ2) is 6.24. The Morgan fingerprint density at radius 2 is 1.83 bits per heavy atom. The van der Waals surface area contributed by atoms with Crippen LogP contribution in [0, 0.1) is 0 Å². The molecule has 2 aromatic rings. The van der Waals surface area contributed by atoms with Crippen LogP contribution in [0.25, 0.3) is 0 Å². The minimum atomic E-state index is -0.534. The van der Waals surface area contributed by atoms with E-state index < -0.39 is 6.10 Å². The van der Waals surface area contributed by atoms with Crippen molar-refractivity contribution < 1.29 is 14.3 Å². The van der Waals surface area contributed by atoms with Gasteiger partial charge in [-0.3, -0.25) is 9.59 Å². The third-order valence-electron chi connectivity index (χ3n) is 4.06. The van der Waals surface area contributed by atoms with Crippen LogP contribution in [-0.4, -0.2) is 24.3 Å². The topological polar surface area (TPSA) is 46.6 Å². The Labute approximate surface area is 135 Å². The largest absolute Gasteiger partial charge is 0.478 e. The van der Waals surface area contributed by atoms with Gasteiger partial charge in [0, 0.05) is 18.5 Å². The molecule has 0 spiro atoms. The van der Waals surface area contributed by atoms with E-state index in [1.807, 2.05) is 43.3 Å². The Hall–Kier alpha value is -2.62. The lowest BCUT2D eigenvalue weighted by molar-refractivity contribution is -0.126. The average Bonchev–Trinajstić information content (AvgIpc) is 2.56. The lowest BCUT2D eigenvalue weighted by Gasteiger charge is -2.33. The van der Waals surface area contributed by atoms with E-state index >= 15 is 0 Å². The van der Waals surface area contributed by atoms with Crippen molar-refractivity contribution in [3.8, 4) is 5.75 Å². The number of Topliss-reactive ketones (excluding diaryl/α,β-unsaturated/α-hetero) is 1. The summed E-state index contributed by atoms with van der Waals surface area (Å²) in [7, 11) is 0. The van der Waals surface area contributed by atoms with Gasteiger partial charge >= 0.3 is 0 Å². The van der Waals surface area contributed by atoms with Crippen LogP contribution in [0.1, 0.15) is 29.8 Å². The minimum Gasteiger partial charge on any atom is -0.478 e. The number of anilines is 1. The van der Waals surface area contributed by atoms with Crippen molar-refractivity contribution in [1.82, 2.24) is 0 Å². The van der Waals surface area contributed by atoms with E-state index in [1.54, 1.807) is 24.0 Å². The van der Waals surface area contributed by atoms with Crippen molar-refractivity contribution >= 4 is 17.4 Å². The highest BCUT2D eigenvalue weighted by Crippen LogP contribution is 2.34. The Morgan fingerprint density at radius 3 is 2.48 bits per heavy atom. The molecule has 2 aromatic carbocycles. The Bertz CT molecular complexity index is 737. The first-order valence-corrected chi connectivity index (χ1v) is 7.77. The first kappa shape index (κ1) is 15.3. The zero-order valence-electron chi connectivity index (χ0n) is 13.3. The maximum atomic E-state index is 12.6. The summed E-state index contributed by atoms with van der Waals surface area (Å²) in [6.07, 6.45) is -0.0463. The highest BCUT2D eigenvalue weighted by molar-refractivity contribution is 6.00. The van der Waals surface area contributed by atoms with E-state index in [2.05, 4.69) is 0 Å². The van der Waals surface area contributed by atoms with E-state index in [4.69, 9.17) is 4.74 Å². The standard InChI is InChI=1S/C19H19NO3/c1-3-20-16-6-4-5-7-17(16)23-18(19(20)22)12-14-8-10-15(11-9-14)13(2)21/h4-11,18H,3,12H2,1-2H3. The van der Waals surface area contributed by atoms with Gasteiger partial charge < -0.3 is 9.64 Å². The van der Waals surface area contributed by atoms with Crippen molar-refractivity contribution in [2.75, 3.05) is 11.4 Å². The highest BCUT2D eigenvalue weighted by atomic mass is 16.5. The Balaban J connectivity index is 1.83. The van der Waals surface area contributed by atoms with Gasteiger partial charge in [-0.2, -0.15) is 0 Å². The van der Waals surface area contributed by atoms with Gasteiger partial charge in [-0.15, -0.1) is 0 Å². The normalized spacial score (nSPS) is 16.7. The fourth-order valence-electron chi connectivity index (χ4n) is 2.82. The minimum absolute atomic E-state index is 0.0261. The predicted molar refractivity (Wildman–Crippen MR) is 89.0 cm³/mol. The van der Waals surface area contributed by atoms with Gasteiger partial charge in [0.25, 0.3) is 5.91 Å². The van der Waals surface area contributed by atoms with Crippen molar-refractivity contribution in [3.63, 3.8) is 0 Å². The van der Waals surface area contributed by atoms with Crippen molar-refractivity contribution in [2.45, 2.75) is 26.4 Å². The lowest BCUT2D eigenvalue weighted by Crippen LogP contribution is -2.46. The van der Waals surface area contributed by atoms with Gasteiger partial charge in [-0.05, 0) is 31.5 Å². The number of likely N-dealkylation sites (N-methyl/N-ethyl adjacent to an activating group) is 1. The Kier molecular flexibility index (Phi) is 4.15. The molecule has 0 saturated carbocycles. The van der Waals surface area contributed by atoms with Crippen molar-refractivity contribution in [1.29, 1.82) is 0 Å². The molecular weight excluding hydrogens is 290 g/mol. The third-order valence-corrected chi connectivity index (χ3v) is 4.06. The summed E-state index contributed by atoms with van der Waals surface area (Å²) >= 11 is 0. The van der Waals surface area contributed by atoms with Crippen LogP contribution in [0.15, 0.2) is 48.5 Å². The van der Waals surface area contributed by atoms with Crippen LogP contribution in [-0.2, 0) is 11.2 Å². The lowest BCUT2D eigenvalue weighted by atomic mass is 10.0. The molecule has 1 amide bonds. The molecule has 0 fully saturated rings. The quantitative estimate of drug-likeness (QED) is 0.815. The summed E-state index contributed by atoms with van der Waals surface area (Å²) in [4.78, 5) is 25.7. The Morgan fingerprint density at radius 1 is 1.13 bits per heavy atom. The van der Waals surface area contributed by atoms with Crippen LogP contribution >= 0.6 is 0 Å². The van der Waals surface area contributed by atoms with E-state index in [0.29, 0.717) is 18.5 Å². The molecule has 0 aromatic heterocycles. The molecule has 1 heterocycles. The van der Waals surface area contributed by atoms with Gasteiger partial charge in [0.05, 0.1) is 5.69 Å². The molecule has 0 radical (unpaired) electrons. The van der Waals surface area contributed by atoms with Crippen LogP contribution < -0.4 is 9.64 Å². The maximum Gasteiger partial charge on any atom is 0.268 e. The highest BCUT2D eigenvalue weighted by Gasteiger charge is 2.33. The molecule has 0 aliphatic carbocycles. The fraction of sp³-hybridized carbons (Fsp3) is 0.263. The molecule has 1 unspecified atom stereocenters. The van der Waals surface area contributed by atoms with Crippen LogP contribution in [0.2, 0.25) is 0 Å². The van der Waals surface area contributed by atoms with Crippen LogP contribution in [0.3, 0.4) is 0 Å². The third kappa shape index (κ3) is 2.97. The summed E-state index contributed by atoms with van der Waals surface area (Å²) in [5.41, 5.74) is 2.47. The summed E-state index contributed by atoms with van der Waals surface area (Å²) in [5.74, 6) is 0.744. The number of rotatable bonds is 4. The number of amides is 1. The van der Waals surface area contributed by atoms with Gasteiger partial charge in [0.2, 0.25) is 0 Å². The number of nitrogens with zero attached hydrogens (tertiary/aromatic N) is 1. The smallest absolute Gasteiger partial charge is 0.268 e. The average molecular weight is 309 g/mol. The number of carbonyl (C=O) groups excluding carboxylic acids is 2. The summed E-state index contributed by atoms with van der Waals surface area (Å²) in [5, 5.41) is 0. The first-order chi connectivity index (χ1) is 11.1. The monoisotopic (exact) mass is 309 g/mol. The second-order valence-electron chi connectivity index (χ2n) is 5.61. The molecule has 4 nitrogen and oxygen atoms in total. The van der Waals surface area contributed by atoms with E-state index in [9.17, 15) is 9.59 Å². The molecule has 0 bridgehead atoms. The van der Waals surface area contributed by atoms with E-state index in [0.717, 1.165) is 17.0 Å². The molecule has 1 aliphatic heterocycles. The number of ether oxygens (including phenoxy) is 1. The number of ketones is 1. The number of para-hydroxylation sites is 2. The molecule has 0 N–H and O–H groups in total. The zero-order chi connectivity index (χ0) is 16.4. The molecule has 4 heteroatoms. The van der Waals surface area contributed by atoms with Crippen molar-refractivity contribution in [3.05, 3.63) is 59.7 Å². The summed E-state index contributed by atoms with van der Waals surface area (Å²) in [6.45, 7) is 4.11.